The van der Waals surface area contributed by atoms with Crippen LogP contribution in [0, 0.1) is 0 Å². The lowest BCUT2D eigenvalue weighted by Crippen LogP contribution is -2.13. The van der Waals surface area contributed by atoms with E-state index in [9.17, 15) is 0 Å². The van der Waals surface area contributed by atoms with Gasteiger partial charge in [0.05, 0.1) is 11.7 Å². The summed E-state index contributed by atoms with van der Waals surface area (Å²) in [5, 5.41) is 5.85. The molecular weight excluding hydrogens is 194 g/mol. The molecule has 0 bridgehead atoms. The zero-order valence-corrected chi connectivity index (χ0v) is 8.45. The smallest absolute Gasteiger partial charge is 0.0925 e. The maximum Gasteiger partial charge on any atom is 0.0925 e. The fourth-order valence-corrected chi connectivity index (χ4v) is 1.82. The van der Waals surface area contributed by atoms with E-state index in [2.05, 4.69) is 21.7 Å². The van der Waals surface area contributed by atoms with Gasteiger partial charge in [-0.15, -0.1) is 5.10 Å². The molecule has 0 radical (unpaired) electrons. The van der Waals surface area contributed by atoms with Crippen molar-refractivity contribution >= 4 is 11.5 Å². The van der Waals surface area contributed by atoms with E-state index < -0.39 is 0 Å². The monoisotopic (exact) mass is 205 g/mol. The summed E-state index contributed by atoms with van der Waals surface area (Å²) in [5.41, 5.74) is 8.08. The third-order valence-electron chi connectivity index (χ3n) is 2.06. The minimum atomic E-state index is -0.0452. The average Bonchev–Trinajstić information content (AvgIpc) is 2.72. The van der Waals surface area contributed by atoms with Crippen LogP contribution in [0.1, 0.15) is 17.3 Å². The molecular formula is C10H11N3S. The third kappa shape index (κ3) is 2.16. The summed E-state index contributed by atoms with van der Waals surface area (Å²) in [6, 6.07) is 10.1. The summed E-state index contributed by atoms with van der Waals surface area (Å²) in [4.78, 5) is 0. The van der Waals surface area contributed by atoms with Crippen molar-refractivity contribution in [3.63, 3.8) is 0 Å². The van der Waals surface area contributed by atoms with Gasteiger partial charge in [0.2, 0.25) is 0 Å². The summed E-state index contributed by atoms with van der Waals surface area (Å²) in [7, 11) is 0. The molecule has 14 heavy (non-hydrogen) atoms. The molecule has 1 aromatic heterocycles. The molecule has 0 aliphatic heterocycles. The van der Waals surface area contributed by atoms with Crippen LogP contribution in [-0.2, 0) is 6.42 Å². The molecule has 0 saturated heterocycles. The van der Waals surface area contributed by atoms with Crippen LogP contribution in [0.5, 0.6) is 0 Å². The predicted molar refractivity (Wildman–Crippen MR) is 57.0 cm³/mol. The molecule has 0 spiro atoms. The van der Waals surface area contributed by atoms with Gasteiger partial charge in [0, 0.05) is 5.38 Å². The van der Waals surface area contributed by atoms with Crippen LogP contribution in [0.4, 0.5) is 0 Å². The first kappa shape index (κ1) is 9.30. The molecule has 1 unspecified atom stereocenters. The van der Waals surface area contributed by atoms with Crippen LogP contribution in [-0.4, -0.2) is 9.59 Å². The number of nitrogens with zero attached hydrogens (tertiary/aromatic N) is 2. The lowest BCUT2D eigenvalue weighted by molar-refractivity contribution is 0.692. The largest absolute Gasteiger partial charge is 0.322 e. The first-order chi connectivity index (χ1) is 6.86. The molecule has 72 valence electrons. The molecule has 2 rings (SSSR count). The Hall–Kier alpha value is -1.26. The van der Waals surface area contributed by atoms with E-state index in [1.165, 1.54) is 17.1 Å². The molecule has 0 saturated carbocycles. The van der Waals surface area contributed by atoms with Crippen LogP contribution in [0.25, 0.3) is 0 Å². The average molecular weight is 205 g/mol. The second kappa shape index (κ2) is 4.30. The predicted octanol–water partition coefficient (Wildman–Crippen LogP) is 1.78. The number of aromatic nitrogens is 2. The summed E-state index contributed by atoms with van der Waals surface area (Å²) in [6.07, 6.45) is 0.812. The summed E-state index contributed by atoms with van der Waals surface area (Å²) < 4.78 is 3.80. The zero-order valence-electron chi connectivity index (χ0n) is 7.63. The Bertz CT molecular complexity index is 372. The van der Waals surface area contributed by atoms with Crippen molar-refractivity contribution in [3.05, 3.63) is 47.0 Å². The first-order valence-electron chi connectivity index (χ1n) is 4.43. The minimum absolute atomic E-state index is 0.0452. The molecule has 0 aliphatic rings. The molecule has 0 amide bonds. The highest BCUT2D eigenvalue weighted by Gasteiger charge is 2.09. The lowest BCUT2D eigenvalue weighted by atomic mass is 10.1. The Morgan fingerprint density at radius 2 is 2.07 bits per heavy atom. The quantitative estimate of drug-likeness (QED) is 0.831. The highest BCUT2D eigenvalue weighted by atomic mass is 32.1. The van der Waals surface area contributed by atoms with Crippen LogP contribution >= 0.6 is 11.5 Å². The van der Waals surface area contributed by atoms with Crippen LogP contribution in [0.15, 0.2) is 35.7 Å². The van der Waals surface area contributed by atoms with Gasteiger partial charge in [-0.25, -0.2) is 0 Å². The maximum atomic E-state index is 5.98. The van der Waals surface area contributed by atoms with Gasteiger partial charge in [0.15, 0.2) is 0 Å². The Morgan fingerprint density at radius 3 is 2.71 bits per heavy atom. The molecule has 0 fully saturated rings. The normalized spacial score (nSPS) is 12.6. The fourth-order valence-electron chi connectivity index (χ4n) is 1.31. The Kier molecular flexibility index (Phi) is 2.86. The van der Waals surface area contributed by atoms with E-state index in [4.69, 9.17) is 5.73 Å². The highest BCUT2D eigenvalue weighted by molar-refractivity contribution is 7.03. The number of hydrogen-bond donors (Lipinski definition) is 1. The Morgan fingerprint density at radius 1 is 1.29 bits per heavy atom. The van der Waals surface area contributed by atoms with Gasteiger partial charge in [0.1, 0.15) is 0 Å². The molecule has 0 aliphatic carbocycles. The molecule has 1 heterocycles. The number of rotatable bonds is 3. The van der Waals surface area contributed by atoms with Crippen molar-refractivity contribution in [3.8, 4) is 0 Å². The number of benzene rings is 1. The molecule has 1 atom stereocenters. The Balaban J connectivity index is 2.06. The summed E-state index contributed by atoms with van der Waals surface area (Å²) in [5.74, 6) is 0. The SMILES string of the molecule is NC(Cc1ccccc1)c1csnn1. The van der Waals surface area contributed by atoms with E-state index >= 15 is 0 Å². The first-order valence-corrected chi connectivity index (χ1v) is 5.26. The molecule has 1 aromatic carbocycles. The standard InChI is InChI=1S/C10H11N3S/c11-9(10-7-14-13-12-10)6-8-4-2-1-3-5-8/h1-5,7,9H,6,11H2. The number of hydrogen-bond acceptors (Lipinski definition) is 4. The van der Waals surface area contributed by atoms with Crippen molar-refractivity contribution < 1.29 is 0 Å². The van der Waals surface area contributed by atoms with Gasteiger partial charge in [-0.05, 0) is 23.5 Å². The van der Waals surface area contributed by atoms with Crippen LogP contribution in [0.2, 0.25) is 0 Å². The van der Waals surface area contributed by atoms with Crippen molar-refractivity contribution in [1.82, 2.24) is 9.59 Å². The van der Waals surface area contributed by atoms with Crippen molar-refractivity contribution in [2.75, 3.05) is 0 Å². The zero-order chi connectivity index (χ0) is 9.80. The molecule has 4 heteroatoms. The van der Waals surface area contributed by atoms with E-state index in [-0.39, 0.29) is 6.04 Å². The van der Waals surface area contributed by atoms with E-state index in [1.54, 1.807) is 0 Å². The third-order valence-corrected chi connectivity index (χ3v) is 2.58. The van der Waals surface area contributed by atoms with Gasteiger partial charge in [-0.1, -0.05) is 34.8 Å². The second-order valence-corrected chi connectivity index (χ2v) is 3.74. The molecule has 2 aromatic rings. The van der Waals surface area contributed by atoms with Crippen molar-refractivity contribution in [2.45, 2.75) is 12.5 Å². The van der Waals surface area contributed by atoms with E-state index in [0.29, 0.717) is 0 Å². The fraction of sp³-hybridized carbons (Fsp3) is 0.200. The summed E-state index contributed by atoms with van der Waals surface area (Å²) >= 11 is 1.34. The van der Waals surface area contributed by atoms with Crippen molar-refractivity contribution in [2.24, 2.45) is 5.73 Å². The topological polar surface area (TPSA) is 51.8 Å². The van der Waals surface area contributed by atoms with Gasteiger partial charge in [-0.2, -0.15) is 0 Å². The minimum Gasteiger partial charge on any atom is -0.322 e. The van der Waals surface area contributed by atoms with Crippen LogP contribution in [0.3, 0.4) is 0 Å². The van der Waals surface area contributed by atoms with Gasteiger partial charge in [-0.3, -0.25) is 0 Å². The van der Waals surface area contributed by atoms with E-state index in [0.717, 1.165) is 12.1 Å². The number of nitrogens with two attached hydrogens (primary N) is 1. The molecule has 2 N–H and O–H groups in total. The van der Waals surface area contributed by atoms with Gasteiger partial charge in [0.25, 0.3) is 0 Å². The van der Waals surface area contributed by atoms with Gasteiger partial charge < -0.3 is 5.73 Å². The second-order valence-electron chi connectivity index (χ2n) is 3.13. The Labute approximate surface area is 86.7 Å². The van der Waals surface area contributed by atoms with Crippen molar-refractivity contribution in [1.29, 1.82) is 0 Å². The lowest BCUT2D eigenvalue weighted by Gasteiger charge is -2.07. The maximum absolute atomic E-state index is 5.98. The van der Waals surface area contributed by atoms with Gasteiger partial charge >= 0.3 is 0 Å². The van der Waals surface area contributed by atoms with Crippen LogP contribution < -0.4 is 5.73 Å². The molecule has 3 nitrogen and oxygen atoms in total. The summed E-state index contributed by atoms with van der Waals surface area (Å²) in [6.45, 7) is 0. The highest BCUT2D eigenvalue weighted by Crippen LogP contribution is 2.14. The van der Waals surface area contributed by atoms with E-state index in [1.807, 2.05) is 23.6 Å².